The van der Waals surface area contributed by atoms with Gasteiger partial charge in [-0.2, -0.15) is 0 Å². The minimum absolute atomic E-state index is 0.106. The number of alkyl halides is 1. The van der Waals surface area contributed by atoms with Crippen LogP contribution in [0.3, 0.4) is 0 Å². The van der Waals surface area contributed by atoms with E-state index in [1.807, 2.05) is 0 Å². The molecule has 2 aliphatic heterocycles. The van der Waals surface area contributed by atoms with Crippen LogP contribution in [0, 0.1) is 11.8 Å². The molecule has 2 saturated carbocycles. The molecule has 4 nitrogen and oxygen atoms in total. The fourth-order valence-electron chi connectivity index (χ4n) is 3.74. The molecule has 0 aromatic rings. The number of halogens is 1. The molecule has 0 spiro atoms. The lowest BCUT2D eigenvalue weighted by molar-refractivity contribution is -0.143. The van der Waals surface area contributed by atoms with Gasteiger partial charge in [0.2, 0.25) is 0 Å². The van der Waals surface area contributed by atoms with Gasteiger partial charge >= 0.3 is 0 Å². The summed E-state index contributed by atoms with van der Waals surface area (Å²) >= 11 is 0. The lowest BCUT2D eigenvalue weighted by Gasteiger charge is -2.38. The Morgan fingerprint density at radius 1 is 1.19 bits per heavy atom. The number of ether oxygens (including phenoxy) is 1. The van der Waals surface area contributed by atoms with E-state index in [2.05, 4.69) is 4.90 Å². The first-order valence-electron chi connectivity index (χ1n) is 8.46. The van der Waals surface area contributed by atoms with Gasteiger partial charge in [-0.05, 0) is 38.0 Å². The van der Waals surface area contributed by atoms with Crippen LogP contribution < -0.4 is 0 Å². The molecule has 0 aromatic carbocycles. The highest BCUT2D eigenvalue weighted by Gasteiger charge is 2.53. The monoisotopic (exact) mass is 296 g/mol. The summed E-state index contributed by atoms with van der Waals surface area (Å²) in [6, 6.07) is 0. The van der Waals surface area contributed by atoms with E-state index in [4.69, 9.17) is 4.74 Å². The van der Waals surface area contributed by atoms with Crippen molar-refractivity contribution < 1.29 is 13.9 Å². The Labute approximate surface area is 125 Å². The summed E-state index contributed by atoms with van der Waals surface area (Å²) < 4.78 is 19.9. The van der Waals surface area contributed by atoms with E-state index in [1.54, 1.807) is 4.90 Å². The predicted octanol–water partition coefficient (Wildman–Crippen LogP) is 1.45. The first kappa shape index (κ1) is 13.9. The summed E-state index contributed by atoms with van der Waals surface area (Å²) in [5, 5.41) is 0. The van der Waals surface area contributed by atoms with Gasteiger partial charge in [-0.25, -0.2) is 4.39 Å². The van der Waals surface area contributed by atoms with E-state index in [0.29, 0.717) is 31.8 Å². The molecule has 0 N–H and O–H groups in total. The van der Waals surface area contributed by atoms with Gasteiger partial charge in [-0.1, -0.05) is 0 Å². The van der Waals surface area contributed by atoms with Crippen molar-refractivity contribution >= 4 is 5.91 Å². The number of carbonyl (C=O) groups is 1. The quantitative estimate of drug-likeness (QED) is 0.790. The van der Waals surface area contributed by atoms with Gasteiger partial charge in [0, 0.05) is 38.6 Å². The molecule has 1 amide bonds. The van der Waals surface area contributed by atoms with Gasteiger partial charge in [0.05, 0.1) is 12.7 Å². The second kappa shape index (κ2) is 5.20. The maximum absolute atomic E-state index is 14.0. The molecule has 4 aliphatic rings. The molecule has 4 rings (SSSR count). The van der Waals surface area contributed by atoms with E-state index in [1.165, 1.54) is 19.4 Å². The van der Waals surface area contributed by atoms with E-state index in [-0.39, 0.29) is 12.0 Å². The van der Waals surface area contributed by atoms with Gasteiger partial charge in [0.25, 0.3) is 5.91 Å². The zero-order valence-electron chi connectivity index (χ0n) is 12.6. The molecule has 2 saturated heterocycles. The molecule has 0 radical (unpaired) electrons. The van der Waals surface area contributed by atoms with Crippen molar-refractivity contribution in [1.82, 2.24) is 9.80 Å². The number of rotatable bonds is 3. The minimum atomic E-state index is -1.53. The molecule has 0 bridgehead atoms. The van der Waals surface area contributed by atoms with Crippen molar-refractivity contribution in [2.75, 3.05) is 39.3 Å². The molecule has 0 unspecified atom stereocenters. The van der Waals surface area contributed by atoms with Crippen molar-refractivity contribution in [3.05, 3.63) is 0 Å². The van der Waals surface area contributed by atoms with E-state index in [9.17, 15) is 9.18 Å². The number of hydrogen-bond acceptors (Lipinski definition) is 3. The maximum Gasteiger partial charge on any atom is 0.260 e. The van der Waals surface area contributed by atoms with E-state index >= 15 is 0 Å². The van der Waals surface area contributed by atoms with Crippen molar-refractivity contribution in [2.45, 2.75) is 43.9 Å². The SMILES string of the molecule is O=C(N1CC[C@@H]2CN(CC3CC3)CCO[C@@H]2C1)C1(F)CC1. The summed E-state index contributed by atoms with van der Waals surface area (Å²) in [4.78, 5) is 16.4. The molecule has 118 valence electrons. The van der Waals surface area contributed by atoms with Crippen molar-refractivity contribution in [1.29, 1.82) is 0 Å². The standard InChI is InChI=1S/C16H25FN2O2/c17-16(4-5-16)15(20)19-6-3-13-10-18(9-12-1-2-12)7-8-21-14(13)11-19/h12-14H,1-11H2/t13-,14-/m1/s1. The maximum atomic E-state index is 14.0. The first-order chi connectivity index (χ1) is 10.1. The minimum Gasteiger partial charge on any atom is -0.375 e. The summed E-state index contributed by atoms with van der Waals surface area (Å²) in [6.07, 6.45) is 4.64. The molecular weight excluding hydrogens is 271 g/mol. The van der Waals surface area contributed by atoms with Gasteiger partial charge in [-0.3, -0.25) is 4.79 Å². The van der Waals surface area contributed by atoms with Gasteiger partial charge in [0.1, 0.15) is 0 Å². The Hall–Kier alpha value is -0.680. The van der Waals surface area contributed by atoms with Gasteiger partial charge in [-0.15, -0.1) is 0 Å². The lowest BCUT2D eigenvalue weighted by atomic mass is 9.93. The third-order valence-electron chi connectivity index (χ3n) is 5.50. The van der Waals surface area contributed by atoms with Crippen LogP contribution in [0.2, 0.25) is 0 Å². The number of likely N-dealkylation sites (tertiary alicyclic amines) is 1. The summed E-state index contributed by atoms with van der Waals surface area (Å²) in [5.41, 5.74) is -1.53. The van der Waals surface area contributed by atoms with Crippen LogP contribution in [0.5, 0.6) is 0 Å². The molecule has 2 atom stereocenters. The Morgan fingerprint density at radius 2 is 2.00 bits per heavy atom. The van der Waals surface area contributed by atoms with E-state index < -0.39 is 5.67 Å². The highest BCUT2D eigenvalue weighted by Crippen LogP contribution is 2.42. The Bertz CT molecular complexity index is 423. The Kier molecular flexibility index (Phi) is 3.45. The van der Waals surface area contributed by atoms with Crippen LogP contribution in [0.4, 0.5) is 4.39 Å². The Balaban J connectivity index is 1.36. The molecule has 2 heterocycles. The zero-order chi connectivity index (χ0) is 14.4. The second-order valence-electron chi connectivity index (χ2n) is 7.38. The summed E-state index contributed by atoms with van der Waals surface area (Å²) in [7, 11) is 0. The zero-order valence-corrected chi connectivity index (χ0v) is 12.6. The molecular formula is C16H25FN2O2. The number of nitrogens with zero attached hydrogens (tertiary/aromatic N) is 2. The third kappa shape index (κ3) is 2.95. The Morgan fingerprint density at radius 3 is 2.71 bits per heavy atom. The normalized spacial score (nSPS) is 36.0. The van der Waals surface area contributed by atoms with Crippen LogP contribution in [0.25, 0.3) is 0 Å². The largest absolute Gasteiger partial charge is 0.375 e. The van der Waals surface area contributed by atoms with Gasteiger partial charge in [0.15, 0.2) is 5.67 Å². The van der Waals surface area contributed by atoms with Crippen LogP contribution in [0.1, 0.15) is 32.1 Å². The van der Waals surface area contributed by atoms with Crippen molar-refractivity contribution in [2.24, 2.45) is 11.8 Å². The van der Waals surface area contributed by atoms with Crippen molar-refractivity contribution in [3.8, 4) is 0 Å². The number of carbonyl (C=O) groups excluding carboxylic acids is 1. The topological polar surface area (TPSA) is 32.8 Å². The van der Waals surface area contributed by atoms with Crippen molar-refractivity contribution in [3.63, 3.8) is 0 Å². The summed E-state index contributed by atoms with van der Waals surface area (Å²) in [6.45, 7) is 5.34. The average molecular weight is 296 g/mol. The molecule has 0 aromatic heterocycles. The number of piperidine rings is 1. The molecule has 5 heteroatoms. The molecule has 2 aliphatic carbocycles. The molecule has 21 heavy (non-hydrogen) atoms. The third-order valence-corrected chi connectivity index (χ3v) is 5.50. The van der Waals surface area contributed by atoms with Crippen LogP contribution in [-0.2, 0) is 9.53 Å². The lowest BCUT2D eigenvalue weighted by Crippen LogP contribution is -2.51. The fraction of sp³-hybridized carbons (Fsp3) is 0.938. The number of amides is 1. The summed E-state index contributed by atoms with van der Waals surface area (Å²) in [5.74, 6) is 1.12. The van der Waals surface area contributed by atoms with Crippen LogP contribution in [-0.4, -0.2) is 66.8 Å². The van der Waals surface area contributed by atoms with E-state index in [0.717, 1.165) is 32.0 Å². The fourth-order valence-corrected chi connectivity index (χ4v) is 3.74. The highest BCUT2D eigenvalue weighted by atomic mass is 19.1. The van der Waals surface area contributed by atoms with Crippen LogP contribution in [0.15, 0.2) is 0 Å². The second-order valence-corrected chi connectivity index (χ2v) is 7.38. The highest BCUT2D eigenvalue weighted by molar-refractivity contribution is 5.88. The average Bonchev–Trinajstić information content (AvgIpc) is 3.36. The molecule has 4 fully saturated rings. The smallest absolute Gasteiger partial charge is 0.260 e. The number of fused-ring (bicyclic) bond motifs is 1. The van der Waals surface area contributed by atoms with Gasteiger partial charge < -0.3 is 14.5 Å². The van der Waals surface area contributed by atoms with Crippen LogP contribution >= 0.6 is 0 Å². The first-order valence-corrected chi connectivity index (χ1v) is 8.46. The number of hydrogen-bond donors (Lipinski definition) is 0. The predicted molar refractivity (Wildman–Crippen MR) is 76.7 cm³/mol.